The Morgan fingerprint density at radius 2 is 1.71 bits per heavy atom. The molecule has 0 spiro atoms. The van der Waals surface area contributed by atoms with Gasteiger partial charge in [0.05, 0.1) is 6.61 Å². The van der Waals surface area contributed by atoms with Crippen LogP contribution in [0, 0.1) is 0 Å². The highest BCUT2D eigenvalue weighted by Crippen LogP contribution is 2.36. The zero-order valence-corrected chi connectivity index (χ0v) is 14.9. The van der Waals surface area contributed by atoms with Crippen molar-refractivity contribution in [2.45, 2.75) is 49.7 Å². The second-order valence-electron chi connectivity index (χ2n) is 6.65. The van der Waals surface area contributed by atoms with E-state index in [0.717, 1.165) is 5.56 Å². The Hall–Kier alpha value is -1.47. The molecular weight excluding hydrogens is 337 g/mol. The van der Waals surface area contributed by atoms with Gasteiger partial charge in [0.1, 0.15) is 5.03 Å². The number of halogens is 3. The lowest BCUT2D eigenvalue weighted by molar-refractivity contribution is -0.142. The summed E-state index contributed by atoms with van der Waals surface area (Å²) in [5.41, 5.74) is 1.08. The van der Waals surface area contributed by atoms with E-state index in [1.54, 1.807) is 0 Å². The average molecular weight is 358 g/mol. The summed E-state index contributed by atoms with van der Waals surface area (Å²) in [4.78, 5) is 0. The van der Waals surface area contributed by atoms with Crippen LogP contribution >= 0.6 is 11.8 Å². The van der Waals surface area contributed by atoms with E-state index in [1.807, 2.05) is 24.3 Å². The molecule has 1 N–H and O–H groups in total. The molecule has 1 aromatic carbocycles. The zero-order chi connectivity index (χ0) is 18.1. The molecule has 0 aliphatic carbocycles. The lowest BCUT2D eigenvalue weighted by Gasteiger charge is -2.19. The number of aromatic nitrogens is 2. The molecule has 7 heteroatoms. The van der Waals surface area contributed by atoms with E-state index in [0.29, 0.717) is 10.8 Å². The minimum Gasteiger partial charge on any atom is -0.391 e. The molecule has 2 aromatic rings. The van der Waals surface area contributed by atoms with Gasteiger partial charge in [-0.1, -0.05) is 45.0 Å². The van der Waals surface area contributed by atoms with Crippen LogP contribution in [-0.2, 0) is 31.0 Å². The van der Waals surface area contributed by atoms with Crippen molar-refractivity contribution in [2.24, 2.45) is 7.05 Å². The third-order valence-corrected chi connectivity index (χ3v) is 4.97. The van der Waals surface area contributed by atoms with Gasteiger partial charge in [0.2, 0.25) is 0 Å². The minimum atomic E-state index is -4.57. The second-order valence-corrected chi connectivity index (χ2v) is 7.61. The summed E-state index contributed by atoms with van der Waals surface area (Å²) in [5.74, 6) is 0.508. The maximum Gasteiger partial charge on any atom is 0.435 e. The van der Waals surface area contributed by atoms with Gasteiger partial charge in [-0.2, -0.15) is 18.3 Å². The van der Waals surface area contributed by atoms with Crippen LogP contribution in [0.4, 0.5) is 13.2 Å². The molecule has 24 heavy (non-hydrogen) atoms. The summed E-state index contributed by atoms with van der Waals surface area (Å²) >= 11 is 1.24. The molecule has 0 radical (unpaired) electrons. The molecule has 0 aliphatic rings. The summed E-state index contributed by atoms with van der Waals surface area (Å²) in [5, 5.41) is 13.2. The SMILES string of the molecule is Cn1nc(C(F)(F)F)c(CO)c1SCc1ccc(C(C)(C)C)cc1. The van der Waals surface area contributed by atoms with E-state index in [4.69, 9.17) is 0 Å². The van der Waals surface area contributed by atoms with Crippen molar-refractivity contribution < 1.29 is 18.3 Å². The van der Waals surface area contributed by atoms with Crippen LogP contribution in [0.1, 0.15) is 43.2 Å². The van der Waals surface area contributed by atoms with E-state index >= 15 is 0 Å². The monoisotopic (exact) mass is 358 g/mol. The van der Waals surface area contributed by atoms with Gasteiger partial charge < -0.3 is 5.11 Å². The van der Waals surface area contributed by atoms with Gasteiger partial charge in [-0.15, -0.1) is 11.8 Å². The first-order valence-corrected chi connectivity index (χ1v) is 8.48. The Morgan fingerprint density at radius 3 is 2.17 bits per heavy atom. The van der Waals surface area contributed by atoms with Crippen molar-refractivity contribution in [1.82, 2.24) is 9.78 Å². The van der Waals surface area contributed by atoms with E-state index < -0.39 is 18.5 Å². The molecule has 0 atom stereocenters. The second kappa shape index (κ2) is 6.80. The molecular formula is C17H21F3N2OS. The predicted octanol–water partition coefficient (Wildman–Crippen LogP) is 4.52. The Kier molecular flexibility index (Phi) is 5.34. The number of aliphatic hydroxyl groups is 1. The molecule has 3 nitrogen and oxygen atoms in total. The normalized spacial score (nSPS) is 12.7. The largest absolute Gasteiger partial charge is 0.435 e. The highest BCUT2D eigenvalue weighted by atomic mass is 32.2. The molecule has 0 bridgehead atoms. The Balaban J connectivity index is 2.19. The summed E-state index contributed by atoms with van der Waals surface area (Å²) in [6.07, 6.45) is -4.57. The molecule has 0 unspecified atom stereocenters. The number of thioether (sulfide) groups is 1. The molecule has 0 fully saturated rings. The van der Waals surface area contributed by atoms with E-state index in [1.165, 1.54) is 29.1 Å². The minimum absolute atomic E-state index is 0.0549. The van der Waals surface area contributed by atoms with E-state index in [9.17, 15) is 18.3 Å². The highest BCUT2D eigenvalue weighted by molar-refractivity contribution is 7.98. The van der Waals surface area contributed by atoms with Crippen LogP contribution < -0.4 is 0 Å². The number of hydrogen-bond acceptors (Lipinski definition) is 3. The first-order chi connectivity index (χ1) is 11.0. The first-order valence-electron chi connectivity index (χ1n) is 7.50. The number of hydrogen-bond donors (Lipinski definition) is 1. The van der Waals surface area contributed by atoms with Gasteiger partial charge in [-0.05, 0) is 16.5 Å². The van der Waals surface area contributed by atoms with Crippen LogP contribution in [0.15, 0.2) is 29.3 Å². The molecule has 1 heterocycles. The molecule has 0 aliphatic heterocycles. The van der Waals surface area contributed by atoms with Crippen LogP contribution in [0.5, 0.6) is 0 Å². The number of benzene rings is 1. The fourth-order valence-electron chi connectivity index (χ4n) is 2.36. The number of aliphatic hydroxyl groups excluding tert-OH is 1. The molecule has 0 saturated heterocycles. The fourth-order valence-corrected chi connectivity index (χ4v) is 3.41. The van der Waals surface area contributed by atoms with Gasteiger partial charge in [0.25, 0.3) is 0 Å². The maximum atomic E-state index is 13.0. The summed E-state index contributed by atoms with van der Waals surface area (Å²) in [7, 11) is 1.46. The average Bonchev–Trinajstić information content (AvgIpc) is 2.81. The maximum absolute atomic E-state index is 13.0. The molecule has 132 valence electrons. The smallest absolute Gasteiger partial charge is 0.391 e. The number of nitrogens with zero attached hydrogens (tertiary/aromatic N) is 2. The van der Waals surface area contributed by atoms with E-state index in [-0.39, 0.29) is 11.0 Å². The van der Waals surface area contributed by atoms with Crippen molar-refractivity contribution in [2.75, 3.05) is 0 Å². The van der Waals surface area contributed by atoms with Crippen LogP contribution in [0.2, 0.25) is 0 Å². The van der Waals surface area contributed by atoms with Crippen LogP contribution in [0.3, 0.4) is 0 Å². The third kappa shape index (κ3) is 4.13. The standard InChI is InChI=1S/C17H21F3N2OS/c1-16(2,3)12-7-5-11(6-8-12)10-24-15-13(9-23)14(17(18,19)20)21-22(15)4/h5-8,23H,9-10H2,1-4H3. The van der Waals surface area contributed by atoms with Crippen molar-refractivity contribution in [3.8, 4) is 0 Å². The summed E-state index contributed by atoms with van der Waals surface area (Å²) in [6.45, 7) is 5.68. The molecule has 0 saturated carbocycles. The van der Waals surface area contributed by atoms with Crippen LogP contribution in [0.25, 0.3) is 0 Å². The first kappa shape index (κ1) is 18.9. The van der Waals surface area contributed by atoms with Crippen molar-refractivity contribution in [1.29, 1.82) is 0 Å². The van der Waals surface area contributed by atoms with Crippen LogP contribution in [-0.4, -0.2) is 14.9 Å². The van der Waals surface area contributed by atoms with Crippen molar-refractivity contribution >= 4 is 11.8 Å². The number of rotatable bonds is 4. The summed E-state index contributed by atoms with van der Waals surface area (Å²) in [6, 6.07) is 8.03. The topological polar surface area (TPSA) is 38.0 Å². The molecule has 1 aromatic heterocycles. The fraction of sp³-hybridized carbons (Fsp3) is 0.471. The number of aryl methyl sites for hydroxylation is 1. The lowest BCUT2D eigenvalue weighted by Crippen LogP contribution is -2.10. The van der Waals surface area contributed by atoms with E-state index in [2.05, 4.69) is 25.9 Å². The van der Waals surface area contributed by atoms with Crippen molar-refractivity contribution in [3.63, 3.8) is 0 Å². The van der Waals surface area contributed by atoms with Gasteiger partial charge in [0.15, 0.2) is 5.69 Å². The van der Waals surface area contributed by atoms with Gasteiger partial charge in [-0.25, -0.2) is 0 Å². The quantitative estimate of drug-likeness (QED) is 0.817. The lowest BCUT2D eigenvalue weighted by atomic mass is 9.87. The highest BCUT2D eigenvalue weighted by Gasteiger charge is 2.38. The Morgan fingerprint density at radius 1 is 1.12 bits per heavy atom. The van der Waals surface area contributed by atoms with Gasteiger partial charge >= 0.3 is 6.18 Å². The summed E-state index contributed by atoms with van der Waals surface area (Å²) < 4.78 is 40.0. The third-order valence-electron chi connectivity index (χ3n) is 3.71. The van der Waals surface area contributed by atoms with Crippen molar-refractivity contribution in [3.05, 3.63) is 46.6 Å². The Bertz CT molecular complexity index is 700. The number of alkyl halides is 3. The molecule has 2 rings (SSSR count). The van der Waals surface area contributed by atoms with Gasteiger partial charge in [0, 0.05) is 18.4 Å². The predicted molar refractivity (Wildman–Crippen MR) is 88.8 cm³/mol. The zero-order valence-electron chi connectivity index (χ0n) is 14.1. The molecule has 0 amide bonds. The Labute approximate surface area is 143 Å². The van der Waals surface area contributed by atoms with Gasteiger partial charge in [-0.3, -0.25) is 4.68 Å².